The molecular weight excluding hydrogens is 860 g/mol. The highest BCUT2D eigenvalue weighted by molar-refractivity contribution is 8.77. The fraction of sp³-hybridized carbons (Fsp3) is 0.680. The lowest BCUT2D eigenvalue weighted by molar-refractivity contribution is -0.115. The van der Waals surface area contributed by atoms with Crippen molar-refractivity contribution in [1.29, 1.82) is 0 Å². The zero-order valence-corrected chi connectivity index (χ0v) is 41.1. The molecule has 0 saturated carbocycles. The molecule has 2 unspecified atom stereocenters. The molecule has 0 aliphatic rings. The van der Waals surface area contributed by atoms with Crippen LogP contribution >= 0.6 is 44.8 Å². The molecule has 8 nitrogen and oxygen atoms in total. The number of amides is 2. The second kappa shape index (κ2) is 34.3. The van der Waals surface area contributed by atoms with Gasteiger partial charge >= 0.3 is 0 Å². The summed E-state index contributed by atoms with van der Waals surface area (Å²) in [6.45, 7) is 4.04. The summed E-state index contributed by atoms with van der Waals surface area (Å²) in [6.07, 6.45) is 28.0. The van der Waals surface area contributed by atoms with Crippen molar-refractivity contribution in [3.63, 3.8) is 0 Å². The molecule has 2 rings (SSSR count). The minimum absolute atomic E-state index is 0.0354. The average molecular weight is 938 g/mol. The van der Waals surface area contributed by atoms with Gasteiger partial charge in [0.25, 0.3) is 11.8 Å². The smallest absolute Gasteiger partial charge is 0.251 e. The van der Waals surface area contributed by atoms with Crippen LogP contribution < -0.4 is 10.6 Å². The second-order valence-electron chi connectivity index (χ2n) is 16.7. The molecule has 2 aromatic rings. The van der Waals surface area contributed by atoms with Gasteiger partial charge in [0.2, 0.25) is 10.5 Å². The Labute approximate surface area is 392 Å². The van der Waals surface area contributed by atoms with Crippen molar-refractivity contribution in [2.45, 2.75) is 190 Å². The molecule has 12 heteroatoms. The molecule has 2 amide bonds. The van der Waals surface area contributed by atoms with Crippen LogP contribution in [0.4, 0.5) is 0 Å². The highest BCUT2D eigenvalue weighted by atomic mass is 35.5. The number of halogens is 2. The molecule has 2 atom stereocenters. The Hall–Kier alpha value is -2.08. The maximum Gasteiger partial charge on any atom is 0.251 e. The first-order valence-corrected chi connectivity index (χ1v) is 26.8. The third kappa shape index (κ3) is 20.0. The van der Waals surface area contributed by atoms with Gasteiger partial charge in [-0.3, -0.25) is 19.2 Å². The summed E-state index contributed by atoms with van der Waals surface area (Å²) in [5.74, 6) is -0.890. The van der Waals surface area contributed by atoms with Gasteiger partial charge in [-0.15, -0.1) is 0 Å². The Morgan fingerprint density at radius 2 is 0.742 bits per heavy atom. The number of unbranched alkanes of at least 4 members (excludes halogenated alkanes) is 22. The van der Waals surface area contributed by atoms with Crippen molar-refractivity contribution in [3.05, 3.63) is 70.8 Å². The summed E-state index contributed by atoms with van der Waals surface area (Å²) in [5, 5.41) is 23.1. The fourth-order valence-electron chi connectivity index (χ4n) is 8.08. The normalized spacial score (nSPS) is 13.3. The van der Waals surface area contributed by atoms with E-state index in [1.54, 1.807) is 48.5 Å². The van der Waals surface area contributed by atoms with Crippen molar-refractivity contribution < 1.29 is 29.4 Å². The number of hydrogen-bond donors (Lipinski definition) is 4. The van der Waals surface area contributed by atoms with Crippen molar-refractivity contribution >= 4 is 67.1 Å². The molecule has 4 N–H and O–H groups in total. The Morgan fingerprint density at radius 1 is 0.468 bits per heavy atom. The van der Waals surface area contributed by atoms with Crippen molar-refractivity contribution in [3.8, 4) is 0 Å². The Balaban J connectivity index is 2.45. The van der Waals surface area contributed by atoms with E-state index in [0.29, 0.717) is 36.8 Å². The number of aliphatic hydroxyl groups is 2. The molecule has 0 fully saturated rings. The molecule has 0 radical (unpaired) electrons. The molecule has 0 bridgehead atoms. The van der Waals surface area contributed by atoms with Gasteiger partial charge < -0.3 is 20.8 Å². The number of nitrogens with one attached hydrogen (secondary N) is 2. The average Bonchev–Trinajstić information content (AvgIpc) is 3.28. The standard InChI is InChI=1S/C50H78Cl2N2O6S2/c1-3-5-7-9-11-13-15-17-19-21-23-29-35-49(47(51)59,43-33-27-25-31-41(43)45(57)53-37-39-55)61-62-50(48(52)60,44-34-28-26-32-42(44)46(58)54-38-40-56)36-30-24-22-20-18-16-14-12-10-8-6-4-2/h25-28,31-34,55-56H,3-24,29-30,35-40H2,1-2H3,(H,53,57)(H,54,58). The quantitative estimate of drug-likeness (QED) is 0.0296. The van der Waals surface area contributed by atoms with E-state index in [1.807, 2.05) is 0 Å². The fourth-order valence-corrected chi connectivity index (χ4v) is 12.7. The minimum atomic E-state index is -1.47. The Morgan fingerprint density at radius 3 is 1.02 bits per heavy atom. The highest BCUT2D eigenvalue weighted by Gasteiger charge is 2.49. The van der Waals surface area contributed by atoms with E-state index in [9.17, 15) is 29.4 Å². The van der Waals surface area contributed by atoms with Crippen LogP contribution in [0.3, 0.4) is 0 Å². The van der Waals surface area contributed by atoms with E-state index in [4.69, 9.17) is 23.2 Å². The largest absolute Gasteiger partial charge is 0.395 e. The molecule has 62 heavy (non-hydrogen) atoms. The monoisotopic (exact) mass is 936 g/mol. The molecule has 0 aliphatic carbocycles. The van der Waals surface area contributed by atoms with Crippen LogP contribution in [0, 0.1) is 0 Å². The predicted octanol–water partition coefficient (Wildman–Crippen LogP) is 13.3. The maximum absolute atomic E-state index is 14.1. The van der Waals surface area contributed by atoms with E-state index in [1.165, 1.54) is 89.9 Å². The zero-order valence-electron chi connectivity index (χ0n) is 37.9. The second-order valence-corrected chi connectivity index (χ2v) is 20.1. The van der Waals surface area contributed by atoms with Crippen LogP contribution in [0.25, 0.3) is 0 Å². The topological polar surface area (TPSA) is 133 Å². The van der Waals surface area contributed by atoms with Gasteiger partial charge in [-0.1, -0.05) is 226 Å². The number of carbonyl (C=O) groups excluding carboxylic acids is 4. The lowest BCUT2D eigenvalue weighted by Gasteiger charge is -2.37. The van der Waals surface area contributed by atoms with Crippen LogP contribution in [-0.4, -0.2) is 58.8 Å². The third-order valence-corrected chi connectivity index (χ3v) is 16.4. The van der Waals surface area contributed by atoms with Crippen molar-refractivity contribution in [2.24, 2.45) is 0 Å². The summed E-state index contributed by atoms with van der Waals surface area (Å²) >= 11 is 13.5. The molecule has 2 aromatic carbocycles. The van der Waals surface area contributed by atoms with Crippen molar-refractivity contribution in [1.82, 2.24) is 10.6 Å². The number of hydrogen-bond acceptors (Lipinski definition) is 8. The summed E-state index contributed by atoms with van der Waals surface area (Å²) in [5.41, 5.74) is 1.36. The summed E-state index contributed by atoms with van der Waals surface area (Å²) in [4.78, 5) is 55.5. The lowest BCUT2D eigenvalue weighted by atomic mass is 9.89. The lowest BCUT2D eigenvalue weighted by Crippen LogP contribution is -2.37. The third-order valence-electron chi connectivity index (χ3n) is 11.7. The van der Waals surface area contributed by atoms with Crippen LogP contribution in [0.2, 0.25) is 0 Å². The highest BCUT2D eigenvalue weighted by Crippen LogP contribution is 2.59. The first-order chi connectivity index (χ1) is 30.1. The van der Waals surface area contributed by atoms with Crippen molar-refractivity contribution in [2.75, 3.05) is 26.3 Å². The van der Waals surface area contributed by atoms with Gasteiger partial charge in [0.15, 0.2) is 0 Å². The van der Waals surface area contributed by atoms with Gasteiger partial charge in [-0.25, -0.2) is 0 Å². The molecule has 0 aliphatic heterocycles. The SMILES string of the molecule is CCCCCCCCCCCCCCC(SSC(CCCCCCCCCCCCCC)(C(=O)Cl)c1ccccc1C(=O)NCCO)(C(=O)Cl)c1ccccc1C(=O)NCCO. The number of rotatable bonds is 39. The molecule has 0 aromatic heterocycles. The van der Waals surface area contributed by atoms with E-state index in [-0.39, 0.29) is 37.4 Å². The zero-order chi connectivity index (χ0) is 45.3. The van der Waals surface area contributed by atoms with Crippen LogP contribution in [0.1, 0.15) is 213 Å². The van der Waals surface area contributed by atoms with E-state index in [0.717, 1.165) is 73.0 Å². The van der Waals surface area contributed by atoms with Gasteiger partial charge in [-0.2, -0.15) is 0 Å². The van der Waals surface area contributed by atoms with Gasteiger partial charge in [0, 0.05) is 24.2 Å². The molecule has 0 saturated heterocycles. The number of aliphatic hydroxyl groups excluding tert-OH is 2. The number of carbonyl (C=O) groups is 4. The predicted molar refractivity (Wildman–Crippen MR) is 263 cm³/mol. The van der Waals surface area contributed by atoms with Crippen LogP contribution in [0.15, 0.2) is 48.5 Å². The van der Waals surface area contributed by atoms with E-state index >= 15 is 0 Å². The first-order valence-electron chi connectivity index (χ1n) is 23.9. The van der Waals surface area contributed by atoms with Gasteiger partial charge in [0.05, 0.1) is 13.2 Å². The minimum Gasteiger partial charge on any atom is -0.395 e. The molecule has 350 valence electrons. The Bertz CT molecular complexity index is 1450. The number of benzene rings is 2. The summed E-state index contributed by atoms with van der Waals surface area (Å²) < 4.78 is -2.94. The summed E-state index contributed by atoms with van der Waals surface area (Å²) in [7, 11) is 2.30. The Kier molecular flexibility index (Phi) is 31.0. The van der Waals surface area contributed by atoms with Gasteiger partial charge in [-0.05, 0) is 59.3 Å². The maximum atomic E-state index is 14.1. The molecule has 0 heterocycles. The first kappa shape index (κ1) is 56.1. The van der Waals surface area contributed by atoms with Crippen LogP contribution in [0.5, 0.6) is 0 Å². The molecular formula is C50H78Cl2N2O6S2. The van der Waals surface area contributed by atoms with Gasteiger partial charge in [0.1, 0.15) is 9.49 Å². The summed E-state index contributed by atoms with van der Waals surface area (Å²) in [6, 6.07) is 13.8. The van der Waals surface area contributed by atoms with E-state index < -0.39 is 31.8 Å². The van der Waals surface area contributed by atoms with E-state index in [2.05, 4.69) is 24.5 Å². The molecule has 0 spiro atoms. The van der Waals surface area contributed by atoms with Crippen LogP contribution in [-0.2, 0) is 19.1 Å².